The van der Waals surface area contributed by atoms with Gasteiger partial charge in [-0.3, -0.25) is 4.79 Å². The van der Waals surface area contributed by atoms with Crippen LogP contribution in [0.5, 0.6) is 5.75 Å². The highest BCUT2D eigenvalue weighted by molar-refractivity contribution is 5.92. The number of nitrogens with zero attached hydrogens (tertiary/aromatic N) is 1. The number of carbonyl (C=O) groups excluding carboxylic acids is 2. The predicted octanol–water partition coefficient (Wildman–Crippen LogP) is 1.45. The highest BCUT2D eigenvalue weighted by atomic mass is 16.5. The SMILES string of the molecule is COc1ccc(C(=O)OCC(=O)N2CCCCC2)cc1N. The van der Waals surface area contributed by atoms with Crippen LogP contribution in [0.1, 0.15) is 29.6 Å². The largest absolute Gasteiger partial charge is 0.495 e. The molecule has 6 heteroatoms. The van der Waals surface area contributed by atoms with Gasteiger partial charge in [0, 0.05) is 13.1 Å². The highest BCUT2D eigenvalue weighted by Gasteiger charge is 2.18. The fourth-order valence-corrected chi connectivity index (χ4v) is 2.31. The van der Waals surface area contributed by atoms with Crippen LogP contribution in [0.3, 0.4) is 0 Å². The van der Waals surface area contributed by atoms with Crippen molar-refractivity contribution in [2.24, 2.45) is 0 Å². The van der Waals surface area contributed by atoms with Crippen molar-refractivity contribution in [1.82, 2.24) is 4.90 Å². The van der Waals surface area contributed by atoms with Crippen molar-refractivity contribution in [2.75, 3.05) is 32.5 Å². The van der Waals surface area contributed by atoms with E-state index in [1.807, 2.05) is 0 Å². The molecule has 0 spiro atoms. The number of esters is 1. The number of likely N-dealkylation sites (tertiary alicyclic amines) is 1. The molecule has 1 aliphatic heterocycles. The smallest absolute Gasteiger partial charge is 0.338 e. The number of hydrogen-bond acceptors (Lipinski definition) is 5. The molecule has 1 aromatic carbocycles. The summed E-state index contributed by atoms with van der Waals surface area (Å²) in [5.74, 6) is -0.213. The van der Waals surface area contributed by atoms with Crippen LogP contribution in [0.25, 0.3) is 0 Å². The standard InChI is InChI=1S/C15H20N2O4/c1-20-13-6-5-11(9-12(13)16)15(19)21-10-14(18)17-7-3-2-4-8-17/h5-6,9H,2-4,7-8,10,16H2,1H3. The lowest BCUT2D eigenvalue weighted by molar-refractivity contribution is -0.135. The van der Waals surface area contributed by atoms with Gasteiger partial charge in [-0.05, 0) is 37.5 Å². The topological polar surface area (TPSA) is 81.9 Å². The summed E-state index contributed by atoms with van der Waals surface area (Å²) >= 11 is 0. The molecule has 114 valence electrons. The first-order chi connectivity index (χ1) is 10.1. The van der Waals surface area contributed by atoms with E-state index in [0.29, 0.717) is 17.0 Å². The van der Waals surface area contributed by atoms with Gasteiger partial charge in [0.1, 0.15) is 5.75 Å². The summed E-state index contributed by atoms with van der Waals surface area (Å²) in [6.45, 7) is 1.25. The fraction of sp³-hybridized carbons (Fsp3) is 0.467. The zero-order valence-corrected chi connectivity index (χ0v) is 12.1. The lowest BCUT2D eigenvalue weighted by Crippen LogP contribution is -2.38. The van der Waals surface area contributed by atoms with E-state index in [1.165, 1.54) is 13.2 Å². The van der Waals surface area contributed by atoms with Gasteiger partial charge >= 0.3 is 5.97 Å². The van der Waals surface area contributed by atoms with Gasteiger partial charge in [-0.1, -0.05) is 0 Å². The van der Waals surface area contributed by atoms with Crippen LogP contribution < -0.4 is 10.5 Å². The third-order valence-electron chi connectivity index (χ3n) is 3.50. The monoisotopic (exact) mass is 292 g/mol. The van der Waals surface area contributed by atoms with Gasteiger partial charge in [-0.15, -0.1) is 0 Å². The van der Waals surface area contributed by atoms with E-state index in [1.54, 1.807) is 17.0 Å². The Morgan fingerprint density at radius 1 is 1.24 bits per heavy atom. The van der Waals surface area contributed by atoms with Crippen molar-refractivity contribution < 1.29 is 19.1 Å². The lowest BCUT2D eigenvalue weighted by Gasteiger charge is -2.26. The second-order valence-corrected chi connectivity index (χ2v) is 4.97. The predicted molar refractivity (Wildman–Crippen MR) is 78.1 cm³/mol. The quantitative estimate of drug-likeness (QED) is 0.671. The average Bonchev–Trinajstić information content (AvgIpc) is 2.53. The van der Waals surface area contributed by atoms with Gasteiger partial charge in [0.15, 0.2) is 6.61 Å². The summed E-state index contributed by atoms with van der Waals surface area (Å²) in [5.41, 5.74) is 6.40. The maximum atomic E-state index is 11.9. The summed E-state index contributed by atoms with van der Waals surface area (Å²) < 4.78 is 10.1. The molecule has 0 radical (unpaired) electrons. The summed E-state index contributed by atoms with van der Waals surface area (Å²) in [6.07, 6.45) is 3.16. The molecule has 0 aliphatic carbocycles. The van der Waals surface area contributed by atoms with Crippen molar-refractivity contribution in [2.45, 2.75) is 19.3 Å². The second kappa shape index (κ2) is 6.97. The highest BCUT2D eigenvalue weighted by Crippen LogP contribution is 2.22. The van der Waals surface area contributed by atoms with Crippen molar-refractivity contribution in [3.05, 3.63) is 23.8 Å². The molecule has 6 nitrogen and oxygen atoms in total. The minimum atomic E-state index is -0.560. The number of piperidine rings is 1. The van der Waals surface area contributed by atoms with Crippen molar-refractivity contribution >= 4 is 17.6 Å². The molecule has 2 N–H and O–H groups in total. The molecule has 0 aromatic heterocycles. The van der Waals surface area contributed by atoms with E-state index < -0.39 is 5.97 Å². The van der Waals surface area contributed by atoms with Gasteiger partial charge < -0.3 is 20.1 Å². The number of ether oxygens (including phenoxy) is 2. The van der Waals surface area contributed by atoms with Gasteiger partial charge in [0.05, 0.1) is 18.4 Å². The Hall–Kier alpha value is -2.24. The van der Waals surface area contributed by atoms with Crippen molar-refractivity contribution in [1.29, 1.82) is 0 Å². The van der Waals surface area contributed by atoms with E-state index >= 15 is 0 Å². The molecule has 0 saturated carbocycles. The number of methoxy groups -OCH3 is 1. The number of benzene rings is 1. The number of hydrogen-bond donors (Lipinski definition) is 1. The van der Waals surface area contributed by atoms with Crippen molar-refractivity contribution in [3.8, 4) is 5.75 Å². The van der Waals surface area contributed by atoms with Crippen LogP contribution in [0.2, 0.25) is 0 Å². The van der Waals surface area contributed by atoms with Crippen LogP contribution in [-0.2, 0) is 9.53 Å². The molecule has 1 amide bonds. The van der Waals surface area contributed by atoms with E-state index in [0.717, 1.165) is 32.4 Å². The Kier molecular flexibility index (Phi) is 5.03. The van der Waals surface area contributed by atoms with Gasteiger partial charge in [-0.2, -0.15) is 0 Å². The van der Waals surface area contributed by atoms with Crippen LogP contribution in [0.15, 0.2) is 18.2 Å². The van der Waals surface area contributed by atoms with Crippen LogP contribution in [-0.4, -0.2) is 43.6 Å². The number of carbonyl (C=O) groups is 2. The molecule has 21 heavy (non-hydrogen) atoms. The molecule has 1 saturated heterocycles. The van der Waals surface area contributed by atoms with Crippen LogP contribution in [0.4, 0.5) is 5.69 Å². The number of nitrogens with two attached hydrogens (primary N) is 1. The third-order valence-corrected chi connectivity index (χ3v) is 3.50. The van der Waals surface area contributed by atoms with E-state index in [4.69, 9.17) is 15.2 Å². The number of anilines is 1. The molecular formula is C15H20N2O4. The zero-order chi connectivity index (χ0) is 15.2. The maximum absolute atomic E-state index is 11.9. The first-order valence-electron chi connectivity index (χ1n) is 7.00. The van der Waals surface area contributed by atoms with E-state index in [2.05, 4.69) is 0 Å². The fourth-order valence-electron chi connectivity index (χ4n) is 2.31. The molecule has 2 rings (SSSR count). The van der Waals surface area contributed by atoms with Gasteiger partial charge in [0.25, 0.3) is 5.91 Å². The maximum Gasteiger partial charge on any atom is 0.338 e. The minimum Gasteiger partial charge on any atom is -0.495 e. The number of amides is 1. The van der Waals surface area contributed by atoms with Gasteiger partial charge in [-0.25, -0.2) is 4.79 Å². The first-order valence-corrected chi connectivity index (χ1v) is 7.00. The summed E-state index contributed by atoms with van der Waals surface area (Å²) in [4.78, 5) is 25.5. The number of rotatable bonds is 4. The molecule has 1 aromatic rings. The van der Waals surface area contributed by atoms with Gasteiger partial charge in [0.2, 0.25) is 0 Å². The Labute approximate surface area is 123 Å². The third kappa shape index (κ3) is 3.87. The Bertz CT molecular complexity index is 524. The molecular weight excluding hydrogens is 272 g/mol. The first kappa shape index (κ1) is 15.2. The summed E-state index contributed by atoms with van der Waals surface area (Å²) in [5, 5.41) is 0. The Morgan fingerprint density at radius 3 is 2.57 bits per heavy atom. The minimum absolute atomic E-state index is 0.149. The molecule has 0 bridgehead atoms. The summed E-state index contributed by atoms with van der Waals surface area (Å²) in [6, 6.07) is 4.63. The van der Waals surface area contributed by atoms with E-state index in [9.17, 15) is 9.59 Å². The van der Waals surface area contributed by atoms with Crippen LogP contribution >= 0.6 is 0 Å². The second-order valence-electron chi connectivity index (χ2n) is 4.97. The zero-order valence-electron chi connectivity index (χ0n) is 12.1. The number of nitrogen functional groups attached to an aromatic ring is 1. The molecule has 1 fully saturated rings. The van der Waals surface area contributed by atoms with E-state index in [-0.39, 0.29) is 12.5 Å². The molecule has 0 unspecified atom stereocenters. The summed E-state index contributed by atoms with van der Waals surface area (Å²) in [7, 11) is 1.50. The molecule has 1 heterocycles. The lowest BCUT2D eigenvalue weighted by atomic mass is 10.1. The molecule has 1 aliphatic rings. The average molecular weight is 292 g/mol. The van der Waals surface area contributed by atoms with Crippen LogP contribution in [0, 0.1) is 0 Å². The van der Waals surface area contributed by atoms with Crippen molar-refractivity contribution in [3.63, 3.8) is 0 Å². The normalized spacial score (nSPS) is 14.6. The Balaban J connectivity index is 1.89. The Morgan fingerprint density at radius 2 is 1.95 bits per heavy atom. The molecule has 0 atom stereocenters.